The average molecular weight is 202 g/mol. The standard InChI is InChI=1S/C11H19FO2/c12-8-10(9-13)6-7-14-11-4-2-1-3-5-11/h9-11H,1-8H2. The molecule has 0 bridgehead atoms. The number of aldehydes is 1. The quantitative estimate of drug-likeness (QED) is 0.619. The summed E-state index contributed by atoms with van der Waals surface area (Å²) in [6.45, 7) is -0.0322. The Bertz CT molecular complexity index is 155. The van der Waals surface area contributed by atoms with E-state index in [0.29, 0.717) is 25.4 Å². The molecule has 2 nitrogen and oxygen atoms in total. The first kappa shape index (κ1) is 11.6. The van der Waals surface area contributed by atoms with Crippen molar-refractivity contribution >= 4 is 6.29 Å². The van der Waals surface area contributed by atoms with Gasteiger partial charge in [0, 0.05) is 12.5 Å². The van der Waals surface area contributed by atoms with E-state index in [9.17, 15) is 9.18 Å². The Morgan fingerprint density at radius 3 is 2.64 bits per heavy atom. The lowest BCUT2D eigenvalue weighted by Crippen LogP contribution is -2.19. The van der Waals surface area contributed by atoms with Gasteiger partial charge in [0.25, 0.3) is 0 Å². The van der Waals surface area contributed by atoms with Crippen molar-refractivity contribution in [2.75, 3.05) is 13.3 Å². The maximum atomic E-state index is 12.1. The third kappa shape index (κ3) is 4.18. The van der Waals surface area contributed by atoms with Crippen molar-refractivity contribution in [3.8, 4) is 0 Å². The number of hydrogen-bond donors (Lipinski definition) is 0. The molecule has 1 aliphatic carbocycles. The molecule has 0 aromatic heterocycles. The lowest BCUT2D eigenvalue weighted by Gasteiger charge is -2.22. The molecule has 3 heteroatoms. The van der Waals surface area contributed by atoms with Crippen LogP contribution < -0.4 is 0 Å². The fourth-order valence-corrected chi connectivity index (χ4v) is 1.80. The largest absolute Gasteiger partial charge is 0.378 e. The van der Waals surface area contributed by atoms with E-state index in [0.717, 1.165) is 12.8 Å². The van der Waals surface area contributed by atoms with E-state index < -0.39 is 12.6 Å². The highest BCUT2D eigenvalue weighted by molar-refractivity contribution is 5.53. The number of carbonyl (C=O) groups excluding carboxylic acids is 1. The molecule has 1 atom stereocenters. The van der Waals surface area contributed by atoms with Gasteiger partial charge in [-0.3, -0.25) is 4.39 Å². The first-order valence-electron chi connectivity index (χ1n) is 5.49. The molecule has 0 N–H and O–H groups in total. The summed E-state index contributed by atoms with van der Waals surface area (Å²) in [7, 11) is 0. The molecule has 0 heterocycles. The minimum Gasteiger partial charge on any atom is -0.378 e. The summed E-state index contributed by atoms with van der Waals surface area (Å²) < 4.78 is 17.7. The fraction of sp³-hybridized carbons (Fsp3) is 0.909. The van der Waals surface area contributed by atoms with Gasteiger partial charge in [0.2, 0.25) is 0 Å². The predicted molar refractivity (Wildman–Crippen MR) is 53.0 cm³/mol. The molecular weight excluding hydrogens is 183 g/mol. The lowest BCUT2D eigenvalue weighted by molar-refractivity contribution is -0.112. The first-order chi connectivity index (χ1) is 6.86. The Kier molecular flexibility index (Phi) is 5.76. The second-order valence-corrected chi connectivity index (χ2v) is 3.97. The minimum absolute atomic E-state index is 0.357. The number of halogens is 1. The molecule has 14 heavy (non-hydrogen) atoms. The van der Waals surface area contributed by atoms with Crippen LogP contribution in [0.2, 0.25) is 0 Å². The van der Waals surface area contributed by atoms with Crippen LogP contribution in [0.25, 0.3) is 0 Å². The maximum absolute atomic E-state index is 12.1. The summed E-state index contributed by atoms with van der Waals surface area (Å²) in [4.78, 5) is 10.3. The van der Waals surface area contributed by atoms with Gasteiger partial charge in [-0.05, 0) is 19.3 Å². The zero-order valence-electron chi connectivity index (χ0n) is 8.58. The SMILES string of the molecule is O=CC(CF)CCOC1CCCCC1. The molecule has 0 saturated heterocycles. The van der Waals surface area contributed by atoms with Crippen LogP contribution in [0.1, 0.15) is 38.5 Å². The second kappa shape index (κ2) is 6.93. The number of rotatable bonds is 6. The Labute approximate surface area is 84.8 Å². The van der Waals surface area contributed by atoms with Gasteiger partial charge < -0.3 is 9.53 Å². The Morgan fingerprint density at radius 1 is 1.36 bits per heavy atom. The molecule has 0 radical (unpaired) electrons. The zero-order valence-corrected chi connectivity index (χ0v) is 8.58. The molecule has 0 spiro atoms. The van der Waals surface area contributed by atoms with Gasteiger partial charge in [0.05, 0.1) is 12.8 Å². The third-order valence-electron chi connectivity index (χ3n) is 2.79. The van der Waals surface area contributed by atoms with Crippen molar-refractivity contribution in [1.82, 2.24) is 0 Å². The predicted octanol–water partition coefficient (Wildman–Crippen LogP) is 2.51. The van der Waals surface area contributed by atoms with E-state index in [4.69, 9.17) is 4.74 Å². The number of alkyl halides is 1. The van der Waals surface area contributed by atoms with Crippen LogP contribution in [-0.2, 0) is 9.53 Å². The lowest BCUT2D eigenvalue weighted by atomic mass is 9.98. The summed E-state index contributed by atoms with van der Waals surface area (Å²) in [6.07, 6.45) is 7.61. The third-order valence-corrected chi connectivity index (χ3v) is 2.79. The summed E-state index contributed by atoms with van der Waals surface area (Å²) in [5.41, 5.74) is 0. The van der Waals surface area contributed by atoms with Crippen LogP contribution in [-0.4, -0.2) is 25.7 Å². The van der Waals surface area contributed by atoms with Gasteiger partial charge in [-0.15, -0.1) is 0 Å². The van der Waals surface area contributed by atoms with Crippen LogP contribution in [0.5, 0.6) is 0 Å². The van der Waals surface area contributed by atoms with Gasteiger partial charge in [0.15, 0.2) is 0 Å². The zero-order chi connectivity index (χ0) is 10.2. The molecule has 1 saturated carbocycles. The van der Waals surface area contributed by atoms with Crippen LogP contribution in [0.15, 0.2) is 0 Å². The number of ether oxygens (including phenoxy) is 1. The van der Waals surface area contributed by atoms with Gasteiger partial charge in [-0.2, -0.15) is 0 Å². The van der Waals surface area contributed by atoms with E-state index in [1.54, 1.807) is 0 Å². The van der Waals surface area contributed by atoms with E-state index in [1.807, 2.05) is 0 Å². The Morgan fingerprint density at radius 2 is 2.07 bits per heavy atom. The van der Waals surface area contributed by atoms with E-state index >= 15 is 0 Å². The van der Waals surface area contributed by atoms with Gasteiger partial charge in [0.1, 0.15) is 6.29 Å². The topological polar surface area (TPSA) is 26.3 Å². The number of carbonyl (C=O) groups is 1. The van der Waals surface area contributed by atoms with E-state index in [1.165, 1.54) is 19.3 Å². The molecule has 0 aromatic carbocycles. The van der Waals surface area contributed by atoms with E-state index in [-0.39, 0.29) is 0 Å². The van der Waals surface area contributed by atoms with Crippen molar-refractivity contribution in [2.45, 2.75) is 44.6 Å². The van der Waals surface area contributed by atoms with E-state index in [2.05, 4.69) is 0 Å². The molecule has 1 unspecified atom stereocenters. The van der Waals surface area contributed by atoms with Crippen LogP contribution in [0, 0.1) is 5.92 Å². The van der Waals surface area contributed by atoms with Crippen molar-refractivity contribution in [3.05, 3.63) is 0 Å². The van der Waals surface area contributed by atoms with Crippen LogP contribution >= 0.6 is 0 Å². The van der Waals surface area contributed by atoms with Crippen molar-refractivity contribution in [2.24, 2.45) is 5.92 Å². The van der Waals surface area contributed by atoms with Gasteiger partial charge >= 0.3 is 0 Å². The Hall–Kier alpha value is -0.440. The molecule has 0 aromatic rings. The van der Waals surface area contributed by atoms with Crippen molar-refractivity contribution in [3.63, 3.8) is 0 Å². The summed E-state index contributed by atoms with van der Waals surface area (Å²) in [5, 5.41) is 0. The van der Waals surface area contributed by atoms with Crippen molar-refractivity contribution < 1.29 is 13.9 Å². The van der Waals surface area contributed by atoms with Crippen molar-refractivity contribution in [1.29, 1.82) is 0 Å². The molecule has 82 valence electrons. The summed E-state index contributed by atoms with van der Waals surface area (Å²) in [5.74, 6) is -0.460. The summed E-state index contributed by atoms with van der Waals surface area (Å²) >= 11 is 0. The highest BCUT2D eigenvalue weighted by atomic mass is 19.1. The average Bonchev–Trinajstić information content (AvgIpc) is 2.26. The minimum atomic E-state index is -0.558. The molecule has 1 aliphatic rings. The normalized spacial score (nSPS) is 20.6. The molecule has 0 amide bonds. The number of hydrogen-bond acceptors (Lipinski definition) is 2. The molecule has 1 fully saturated rings. The highest BCUT2D eigenvalue weighted by Gasteiger charge is 2.14. The monoisotopic (exact) mass is 202 g/mol. The second-order valence-electron chi connectivity index (χ2n) is 3.97. The van der Waals surface area contributed by atoms with Crippen LogP contribution in [0.3, 0.4) is 0 Å². The molecular formula is C11H19FO2. The first-order valence-corrected chi connectivity index (χ1v) is 5.49. The Balaban J connectivity index is 2.04. The summed E-state index contributed by atoms with van der Waals surface area (Å²) in [6, 6.07) is 0. The fourth-order valence-electron chi connectivity index (χ4n) is 1.80. The van der Waals surface area contributed by atoms with Gasteiger partial charge in [-0.25, -0.2) is 0 Å². The maximum Gasteiger partial charge on any atom is 0.125 e. The smallest absolute Gasteiger partial charge is 0.125 e. The van der Waals surface area contributed by atoms with Crippen LogP contribution in [0.4, 0.5) is 4.39 Å². The highest BCUT2D eigenvalue weighted by Crippen LogP contribution is 2.20. The molecule has 1 rings (SSSR count). The molecule has 0 aliphatic heterocycles. The van der Waals surface area contributed by atoms with Gasteiger partial charge in [-0.1, -0.05) is 19.3 Å².